The van der Waals surface area contributed by atoms with Crippen molar-refractivity contribution in [3.05, 3.63) is 29.6 Å². The average Bonchev–Trinajstić information content (AvgIpc) is 2.82. The molecule has 0 spiro atoms. The molecule has 1 saturated carbocycles. The van der Waals surface area contributed by atoms with Gasteiger partial charge in [-0.15, -0.1) is 0 Å². The molecule has 2 rings (SSSR count). The van der Waals surface area contributed by atoms with Crippen molar-refractivity contribution in [3.8, 4) is 0 Å². The first-order chi connectivity index (χ1) is 7.79. The van der Waals surface area contributed by atoms with Crippen molar-refractivity contribution in [3.63, 3.8) is 0 Å². The van der Waals surface area contributed by atoms with Gasteiger partial charge in [-0.05, 0) is 24.5 Å². The second kappa shape index (κ2) is 5.07. The van der Waals surface area contributed by atoms with E-state index in [9.17, 15) is 4.79 Å². The van der Waals surface area contributed by atoms with Gasteiger partial charge < -0.3 is 11.1 Å². The number of nitrogens with one attached hydrogen (secondary N) is 1. The molecular weight excluding hydrogens is 202 g/mol. The van der Waals surface area contributed by atoms with E-state index in [1.807, 2.05) is 6.07 Å². The zero-order valence-corrected chi connectivity index (χ0v) is 9.28. The molecule has 1 amide bonds. The van der Waals surface area contributed by atoms with E-state index in [0.717, 1.165) is 18.4 Å². The lowest BCUT2D eigenvalue weighted by molar-refractivity contribution is 0.0933. The van der Waals surface area contributed by atoms with Crippen LogP contribution in [0, 0.1) is 0 Å². The molecule has 1 aliphatic carbocycles. The summed E-state index contributed by atoms with van der Waals surface area (Å²) < 4.78 is 0. The normalized spacial score (nSPS) is 16.3. The van der Waals surface area contributed by atoms with Crippen LogP contribution < -0.4 is 11.1 Å². The number of aromatic nitrogens is 1. The number of pyridine rings is 1. The van der Waals surface area contributed by atoms with Gasteiger partial charge in [0.25, 0.3) is 5.91 Å². The number of nitrogens with zero attached hydrogens (tertiary/aromatic N) is 1. The topological polar surface area (TPSA) is 68.0 Å². The fraction of sp³-hybridized carbons (Fsp3) is 0.500. The Hall–Kier alpha value is -1.42. The van der Waals surface area contributed by atoms with Crippen LogP contribution in [0.1, 0.15) is 41.7 Å². The highest BCUT2D eigenvalue weighted by Gasteiger charge is 2.18. The Morgan fingerprint density at radius 2 is 2.19 bits per heavy atom. The molecular formula is C12H17N3O. The molecule has 86 valence electrons. The molecule has 0 aromatic carbocycles. The van der Waals surface area contributed by atoms with E-state index in [1.54, 1.807) is 12.3 Å². The van der Waals surface area contributed by atoms with Crippen LogP contribution in [-0.4, -0.2) is 16.9 Å². The maximum absolute atomic E-state index is 11.8. The van der Waals surface area contributed by atoms with Gasteiger partial charge >= 0.3 is 0 Å². The number of hydrogen-bond acceptors (Lipinski definition) is 3. The highest BCUT2D eigenvalue weighted by atomic mass is 16.1. The van der Waals surface area contributed by atoms with Gasteiger partial charge in [0.05, 0.1) is 0 Å². The van der Waals surface area contributed by atoms with E-state index in [2.05, 4.69) is 10.3 Å². The summed E-state index contributed by atoms with van der Waals surface area (Å²) in [5.74, 6) is -0.0736. The van der Waals surface area contributed by atoms with Crippen molar-refractivity contribution in [2.24, 2.45) is 5.73 Å². The lowest BCUT2D eigenvalue weighted by Crippen LogP contribution is -2.33. The third-order valence-corrected chi connectivity index (χ3v) is 2.98. The molecule has 1 fully saturated rings. The van der Waals surface area contributed by atoms with Gasteiger partial charge in [-0.1, -0.05) is 18.9 Å². The maximum atomic E-state index is 11.8. The molecule has 1 aliphatic rings. The third-order valence-electron chi connectivity index (χ3n) is 2.98. The number of carbonyl (C=O) groups is 1. The fourth-order valence-electron chi connectivity index (χ4n) is 2.01. The molecule has 0 unspecified atom stereocenters. The van der Waals surface area contributed by atoms with Gasteiger partial charge in [-0.3, -0.25) is 9.78 Å². The Labute approximate surface area is 95.3 Å². The number of hydrogen-bond donors (Lipinski definition) is 2. The molecule has 1 heterocycles. The SMILES string of the molecule is NCc1ccc(C(=O)NC2CCCC2)nc1. The largest absolute Gasteiger partial charge is 0.348 e. The lowest BCUT2D eigenvalue weighted by Gasteiger charge is -2.11. The van der Waals surface area contributed by atoms with Crippen molar-refractivity contribution in [2.75, 3.05) is 0 Å². The zero-order chi connectivity index (χ0) is 11.4. The summed E-state index contributed by atoms with van der Waals surface area (Å²) in [7, 11) is 0. The standard InChI is InChI=1S/C12H17N3O/c13-7-9-5-6-11(14-8-9)12(16)15-10-3-1-2-4-10/h5-6,8,10H,1-4,7,13H2,(H,15,16). The smallest absolute Gasteiger partial charge is 0.270 e. The minimum atomic E-state index is -0.0736. The molecule has 0 radical (unpaired) electrons. The van der Waals surface area contributed by atoms with Gasteiger partial charge in [-0.25, -0.2) is 0 Å². The highest BCUT2D eigenvalue weighted by Crippen LogP contribution is 2.17. The average molecular weight is 219 g/mol. The van der Waals surface area contributed by atoms with Crippen molar-refractivity contribution in [1.29, 1.82) is 0 Å². The van der Waals surface area contributed by atoms with Gasteiger partial charge in [0, 0.05) is 18.8 Å². The Balaban J connectivity index is 1.97. The van der Waals surface area contributed by atoms with Crippen molar-refractivity contribution >= 4 is 5.91 Å². The molecule has 4 nitrogen and oxygen atoms in total. The minimum absolute atomic E-state index is 0.0736. The molecule has 0 bridgehead atoms. The Kier molecular flexibility index (Phi) is 3.51. The van der Waals surface area contributed by atoms with Crippen LogP contribution in [0.4, 0.5) is 0 Å². The van der Waals surface area contributed by atoms with Crippen LogP contribution in [0.3, 0.4) is 0 Å². The maximum Gasteiger partial charge on any atom is 0.270 e. The van der Waals surface area contributed by atoms with E-state index in [0.29, 0.717) is 18.3 Å². The molecule has 1 aromatic rings. The fourth-order valence-corrected chi connectivity index (χ4v) is 2.01. The summed E-state index contributed by atoms with van der Waals surface area (Å²) in [6.07, 6.45) is 6.26. The number of rotatable bonds is 3. The van der Waals surface area contributed by atoms with Crippen LogP contribution in [0.15, 0.2) is 18.3 Å². The second-order valence-electron chi connectivity index (χ2n) is 4.21. The Morgan fingerprint density at radius 1 is 1.44 bits per heavy atom. The monoisotopic (exact) mass is 219 g/mol. The summed E-state index contributed by atoms with van der Waals surface area (Å²) in [6, 6.07) is 3.91. The number of carbonyl (C=O) groups excluding carboxylic acids is 1. The number of amides is 1. The summed E-state index contributed by atoms with van der Waals surface area (Å²) >= 11 is 0. The van der Waals surface area contributed by atoms with Gasteiger partial charge in [0.15, 0.2) is 0 Å². The van der Waals surface area contributed by atoms with Crippen molar-refractivity contribution in [2.45, 2.75) is 38.3 Å². The van der Waals surface area contributed by atoms with Crippen LogP contribution in [-0.2, 0) is 6.54 Å². The summed E-state index contributed by atoms with van der Waals surface area (Å²) in [5.41, 5.74) is 6.89. The second-order valence-corrected chi connectivity index (χ2v) is 4.21. The molecule has 0 atom stereocenters. The molecule has 0 aliphatic heterocycles. The summed E-state index contributed by atoms with van der Waals surface area (Å²) in [4.78, 5) is 15.9. The van der Waals surface area contributed by atoms with E-state index < -0.39 is 0 Å². The van der Waals surface area contributed by atoms with Gasteiger partial charge in [0.2, 0.25) is 0 Å². The summed E-state index contributed by atoms with van der Waals surface area (Å²) in [5, 5.41) is 3.00. The third kappa shape index (κ3) is 2.58. The number of nitrogens with two attached hydrogens (primary N) is 1. The highest BCUT2D eigenvalue weighted by molar-refractivity contribution is 5.92. The molecule has 1 aromatic heterocycles. The molecule has 16 heavy (non-hydrogen) atoms. The van der Waals surface area contributed by atoms with Crippen LogP contribution in [0.5, 0.6) is 0 Å². The summed E-state index contributed by atoms with van der Waals surface area (Å²) in [6.45, 7) is 0.456. The zero-order valence-electron chi connectivity index (χ0n) is 9.28. The van der Waals surface area contributed by atoms with E-state index in [1.165, 1.54) is 12.8 Å². The van der Waals surface area contributed by atoms with Crippen LogP contribution in [0.2, 0.25) is 0 Å². The molecule has 4 heteroatoms. The first-order valence-corrected chi connectivity index (χ1v) is 5.75. The quantitative estimate of drug-likeness (QED) is 0.803. The van der Waals surface area contributed by atoms with Crippen molar-refractivity contribution in [1.82, 2.24) is 10.3 Å². The predicted molar refractivity (Wildman–Crippen MR) is 61.9 cm³/mol. The minimum Gasteiger partial charge on any atom is -0.348 e. The van der Waals surface area contributed by atoms with Crippen LogP contribution in [0.25, 0.3) is 0 Å². The van der Waals surface area contributed by atoms with E-state index in [-0.39, 0.29) is 5.91 Å². The Morgan fingerprint density at radius 3 is 2.75 bits per heavy atom. The van der Waals surface area contributed by atoms with Gasteiger partial charge in [0.1, 0.15) is 5.69 Å². The van der Waals surface area contributed by atoms with Crippen LogP contribution >= 0.6 is 0 Å². The van der Waals surface area contributed by atoms with E-state index in [4.69, 9.17) is 5.73 Å². The molecule has 0 saturated heterocycles. The lowest BCUT2D eigenvalue weighted by atomic mass is 10.2. The predicted octanol–water partition coefficient (Wildman–Crippen LogP) is 1.21. The van der Waals surface area contributed by atoms with Gasteiger partial charge in [-0.2, -0.15) is 0 Å². The first-order valence-electron chi connectivity index (χ1n) is 5.75. The van der Waals surface area contributed by atoms with Crippen molar-refractivity contribution < 1.29 is 4.79 Å². The first kappa shape index (κ1) is 11.1. The molecule has 3 N–H and O–H groups in total. The van der Waals surface area contributed by atoms with E-state index >= 15 is 0 Å². The Bertz CT molecular complexity index is 355.